The van der Waals surface area contributed by atoms with E-state index in [-0.39, 0.29) is 24.0 Å². The van der Waals surface area contributed by atoms with Gasteiger partial charge in [0.05, 0.1) is 18.3 Å². The number of aromatic nitrogens is 1. The maximum atomic E-state index is 5.71. The number of ether oxygens (including phenoxy) is 1. The molecule has 3 rings (SSSR count). The van der Waals surface area contributed by atoms with Crippen molar-refractivity contribution in [3.8, 4) is 0 Å². The first-order valence-electron chi connectivity index (χ1n) is 9.85. The number of halogens is 1. The zero-order valence-electron chi connectivity index (χ0n) is 16.8. The summed E-state index contributed by atoms with van der Waals surface area (Å²) in [6.07, 6.45) is 5.03. The first-order chi connectivity index (χ1) is 12.6. The molecule has 1 aromatic rings. The fraction of sp³-hybridized carbons (Fsp3) is 0.789. The molecule has 3 heterocycles. The van der Waals surface area contributed by atoms with Crippen LogP contribution in [0, 0.1) is 19.8 Å². The first-order valence-corrected chi connectivity index (χ1v) is 9.85. The Bertz CT molecular complexity index is 573. The number of aryl methyl sites for hydroxylation is 2. The highest BCUT2D eigenvalue weighted by Crippen LogP contribution is 2.19. The van der Waals surface area contributed by atoms with Crippen LogP contribution in [-0.2, 0) is 11.3 Å². The Labute approximate surface area is 179 Å². The van der Waals surface area contributed by atoms with Gasteiger partial charge in [0.25, 0.3) is 0 Å². The van der Waals surface area contributed by atoms with Gasteiger partial charge in [-0.25, -0.2) is 4.98 Å². The third-order valence-corrected chi connectivity index (χ3v) is 5.44. The Morgan fingerprint density at radius 3 is 2.52 bits per heavy atom. The summed E-state index contributed by atoms with van der Waals surface area (Å²) >= 11 is 0. The van der Waals surface area contributed by atoms with Crippen LogP contribution in [0.2, 0.25) is 0 Å². The minimum Gasteiger partial charge on any atom is -0.444 e. The monoisotopic (exact) mass is 491 g/mol. The molecule has 0 spiro atoms. The number of guanidine groups is 1. The summed E-state index contributed by atoms with van der Waals surface area (Å²) in [6, 6.07) is 0. The average molecular weight is 491 g/mol. The molecule has 27 heavy (non-hydrogen) atoms. The van der Waals surface area contributed by atoms with E-state index >= 15 is 0 Å². The van der Waals surface area contributed by atoms with Crippen molar-refractivity contribution in [2.24, 2.45) is 10.9 Å². The quantitative estimate of drug-likeness (QED) is 0.362. The molecule has 154 valence electrons. The Hall–Kier alpha value is -0.870. The third kappa shape index (κ3) is 6.90. The van der Waals surface area contributed by atoms with Crippen LogP contribution in [-0.4, -0.2) is 61.8 Å². The highest BCUT2D eigenvalue weighted by atomic mass is 127. The summed E-state index contributed by atoms with van der Waals surface area (Å²) in [5.74, 6) is 3.34. The summed E-state index contributed by atoms with van der Waals surface area (Å²) in [7, 11) is 1.83. The van der Waals surface area contributed by atoms with Gasteiger partial charge in [0.15, 0.2) is 5.96 Å². The number of oxazole rings is 1. The molecule has 0 saturated carbocycles. The van der Waals surface area contributed by atoms with Crippen LogP contribution in [0.1, 0.15) is 43.0 Å². The summed E-state index contributed by atoms with van der Waals surface area (Å²) in [6.45, 7) is 9.68. The summed E-state index contributed by atoms with van der Waals surface area (Å²) in [4.78, 5) is 11.3. The molecule has 2 aliphatic heterocycles. The Balaban J connectivity index is 0.00000261. The number of hydrogen-bond donors (Lipinski definition) is 2. The minimum absolute atomic E-state index is 0. The largest absolute Gasteiger partial charge is 0.444 e. The fourth-order valence-electron chi connectivity index (χ4n) is 3.62. The van der Waals surface area contributed by atoms with Gasteiger partial charge in [0, 0.05) is 26.7 Å². The van der Waals surface area contributed by atoms with Crippen molar-refractivity contribution in [3.63, 3.8) is 0 Å². The van der Waals surface area contributed by atoms with Crippen molar-refractivity contribution in [2.45, 2.75) is 52.2 Å². The number of likely N-dealkylation sites (tertiary alicyclic amines) is 1. The average Bonchev–Trinajstić information content (AvgIpc) is 3.26. The molecular formula is C19H34IN5O2. The van der Waals surface area contributed by atoms with E-state index < -0.39 is 0 Å². The van der Waals surface area contributed by atoms with Gasteiger partial charge in [-0.2, -0.15) is 0 Å². The van der Waals surface area contributed by atoms with Crippen molar-refractivity contribution < 1.29 is 9.15 Å². The lowest BCUT2D eigenvalue weighted by atomic mass is 9.97. The van der Waals surface area contributed by atoms with Crippen LogP contribution in [0.3, 0.4) is 0 Å². The molecule has 0 aliphatic carbocycles. The van der Waals surface area contributed by atoms with Crippen molar-refractivity contribution in [3.05, 3.63) is 17.3 Å². The second-order valence-electron chi connectivity index (χ2n) is 7.44. The molecule has 2 saturated heterocycles. The predicted molar refractivity (Wildman–Crippen MR) is 118 cm³/mol. The van der Waals surface area contributed by atoms with E-state index in [1.54, 1.807) is 0 Å². The molecule has 0 radical (unpaired) electrons. The van der Waals surface area contributed by atoms with Crippen LogP contribution in [0.15, 0.2) is 9.41 Å². The zero-order chi connectivity index (χ0) is 18.4. The number of aliphatic imine (C=N–C) groups is 1. The lowest BCUT2D eigenvalue weighted by molar-refractivity contribution is 0.113. The number of hydrogen-bond acceptors (Lipinski definition) is 5. The van der Waals surface area contributed by atoms with Crippen LogP contribution < -0.4 is 10.6 Å². The Morgan fingerprint density at radius 1 is 1.19 bits per heavy atom. The van der Waals surface area contributed by atoms with Crippen LogP contribution in [0.25, 0.3) is 0 Å². The standard InChI is InChI=1S/C19H33N5O2.HI/c1-14-15(2)26-18(23-14)13-24-8-6-16(7-9-24)11-21-19(20-3)22-12-17-5-4-10-25-17;/h16-17H,4-13H2,1-3H3,(H2,20,21,22);1H. The van der Waals surface area contributed by atoms with E-state index in [4.69, 9.17) is 9.15 Å². The van der Waals surface area contributed by atoms with Gasteiger partial charge in [0.1, 0.15) is 5.76 Å². The van der Waals surface area contributed by atoms with Crippen molar-refractivity contribution in [2.75, 3.05) is 39.8 Å². The number of piperidine rings is 1. The topological polar surface area (TPSA) is 74.9 Å². The van der Waals surface area contributed by atoms with E-state index in [0.717, 1.165) is 69.1 Å². The summed E-state index contributed by atoms with van der Waals surface area (Å²) < 4.78 is 11.4. The normalized spacial score (nSPS) is 21.9. The molecule has 8 heteroatoms. The number of nitrogens with one attached hydrogen (secondary N) is 2. The molecule has 1 aromatic heterocycles. The molecule has 2 aliphatic rings. The summed E-state index contributed by atoms with van der Waals surface area (Å²) in [5.41, 5.74) is 1.00. The molecule has 2 N–H and O–H groups in total. The van der Waals surface area contributed by atoms with Gasteiger partial charge in [-0.15, -0.1) is 24.0 Å². The van der Waals surface area contributed by atoms with Gasteiger partial charge in [-0.1, -0.05) is 0 Å². The molecule has 0 aromatic carbocycles. The van der Waals surface area contributed by atoms with Crippen LogP contribution >= 0.6 is 24.0 Å². The van der Waals surface area contributed by atoms with Gasteiger partial charge >= 0.3 is 0 Å². The third-order valence-electron chi connectivity index (χ3n) is 5.44. The van der Waals surface area contributed by atoms with E-state index in [1.807, 2.05) is 20.9 Å². The SMILES string of the molecule is CN=C(NCC1CCN(Cc2nc(C)c(C)o2)CC1)NCC1CCCO1.I. The molecule has 2 fully saturated rings. The van der Waals surface area contributed by atoms with Gasteiger partial charge in [0.2, 0.25) is 5.89 Å². The highest BCUT2D eigenvalue weighted by Gasteiger charge is 2.21. The molecular weight excluding hydrogens is 457 g/mol. The second kappa shape index (κ2) is 11.2. The van der Waals surface area contributed by atoms with Crippen LogP contribution in [0.4, 0.5) is 0 Å². The zero-order valence-corrected chi connectivity index (χ0v) is 19.1. The number of nitrogens with zero attached hydrogens (tertiary/aromatic N) is 3. The second-order valence-corrected chi connectivity index (χ2v) is 7.44. The smallest absolute Gasteiger partial charge is 0.208 e. The van der Waals surface area contributed by atoms with Crippen molar-refractivity contribution >= 4 is 29.9 Å². The first kappa shape index (κ1) is 22.4. The minimum atomic E-state index is 0. The molecule has 1 unspecified atom stereocenters. The van der Waals surface area contributed by atoms with E-state index in [1.165, 1.54) is 19.3 Å². The maximum absolute atomic E-state index is 5.71. The van der Waals surface area contributed by atoms with Gasteiger partial charge in [-0.3, -0.25) is 9.89 Å². The Morgan fingerprint density at radius 2 is 1.93 bits per heavy atom. The van der Waals surface area contributed by atoms with Gasteiger partial charge < -0.3 is 19.8 Å². The molecule has 7 nitrogen and oxygen atoms in total. The van der Waals surface area contributed by atoms with Crippen LogP contribution in [0.5, 0.6) is 0 Å². The molecule has 0 bridgehead atoms. The lowest BCUT2D eigenvalue weighted by Crippen LogP contribution is -2.44. The van der Waals surface area contributed by atoms with E-state index in [0.29, 0.717) is 12.0 Å². The lowest BCUT2D eigenvalue weighted by Gasteiger charge is -2.31. The van der Waals surface area contributed by atoms with Crippen molar-refractivity contribution in [1.82, 2.24) is 20.5 Å². The van der Waals surface area contributed by atoms with E-state index in [9.17, 15) is 0 Å². The molecule has 0 amide bonds. The Kier molecular flexibility index (Phi) is 9.31. The highest BCUT2D eigenvalue weighted by molar-refractivity contribution is 14.0. The van der Waals surface area contributed by atoms with E-state index in [2.05, 4.69) is 25.5 Å². The molecule has 1 atom stereocenters. The van der Waals surface area contributed by atoms with Gasteiger partial charge in [-0.05, 0) is 58.5 Å². The number of rotatable bonds is 6. The maximum Gasteiger partial charge on any atom is 0.208 e. The summed E-state index contributed by atoms with van der Waals surface area (Å²) in [5, 5.41) is 6.86. The fourth-order valence-corrected chi connectivity index (χ4v) is 3.62. The predicted octanol–water partition coefficient (Wildman–Crippen LogP) is 2.47. The van der Waals surface area contributed by atoms with Crippen molar-refractivity contribution in [1.29, 1.82) is 0 Å².